The van der Waals surface area contributed by atoms with Crippen LogP contribution in [0.4, 0.5) is 0 Å². The van der Waals surface area contributed by atoms with Gasteiger partial charge < -0.3 is 0 Å². The molecule has 0 aromatic carbocycles. The van der Waals surface area contributed by atoms with Crippen molar-refractivity contribution >= 4 is 0 Å². The summed E-state index contributed by atoms with van der Waals surface area (Å²) in [7, 11) is 0. The van der Waals surface area contributed by atoms with Crippen molar-refractivity contribution in [3.8, 4) is 0 Å². The molecule has 13 heavy (non-hydrogen) atoms. The van der Waals surface area contributed by atoms with Crippen LogP contribution in [-0.4, -0.2) is 0 Å². The van der Waals surface area contributed by atoms with Gasteiger partial charge in [0.2, 0.25) is 0 Å². The van der Waals surface area contributed by atoms with Gasteiger partial charge in [0.25, 0.3) is 0 Å². The van der Waals surface area contributed by atoms with Crippen molar-refractivity contribution in [3.05, 3.63) is 12.2 Å². The smallest absolute Gasteiger partial charge is 0.0297 e. The molecule has 76 valence electrons. The third-order valence-electron chi connectivity index (χ3n) is 3.54. The molecule has 0 heterocycles. The van der Waals surface area contributed by atoms with Crippen molar-refractivity contribution < 1.29 is 0 Å². The SMILES string of the molecule is C=C(C)CC(C)C1CCC(C)CC1. The average Bonchev–Trinajstić information content (AvgIpc) is 2.04. The fraction of sp³-hybridized carbons (Fsp3) is 0.846. The Balaban J connectivity index is 2.31. The minimum Gasteiger partial charge on any atom is -0.100 e. The molecular formula is C13H24. The molecule has 0 spiro atoms. The lowest BCUT2D eigenvalue weighted by Gasteiger charge is -2.30. The van der Waals surface area contributed by atoms with Crippen LogP contribution < -0.4 is 0 Å². The molecule has 1 atom stereocenters. The Labute approximate surface area is 83.4 Å². The predicted molar refractivity (Wildman–Crippen MR) is 59.7 cm³/mol. The van der Waals surface area contributed by atoms with E-state index in [0.717, 1.165) is 17.8 Å². The molecule has 1 aliphatic carbocycles. The van der Waals surface area contributed by atoms with Gasteiger partial charge in [-0.15, -0.1) is 6.58 Å². The third kappa shape index (κ3) is 3.54. The van der Waals surface area contributed by atoms with Crippen LogP contribution in [0.25, 0.3) is 0 Å². The van der Waals surface area contributed by atoms with Crippen molar-refractivity contribution in [1.82, 2.24) is 0 Å². The molecule has 0 aromatic rings. The summed E-state index contributed by atoms with van der Waals surface area (Å²) in [5.41, 5.74) is 1.35. The zero-order valence-electron chi connectivity index (χ0n) is 9.47. The second kappa shape index (κ2) is 4.83. The minimum atomic E-state index is 0.866. The first-order chi connectivity index (χ1) is 6.09. The van der Waals surface area contributed by atoms with E-state index in [1.165, 1.54) is 37.7 Å². The zero-order valence-corrected chi connectivity index (χ0v) is 9.47. The highest BCUT2D eigenvalue weighted by atomic mass is 14.3. The molecule has 1 rings (SSSR count). The Morgan fingerprint density at radius 1 is 1.31 bits per heavy atom. The number of hydrogen-bond acceptors (Lipinski definition) is 0. The third-order valence-corrected chi connectivity index (χ3v) is 3.54. The zero-order chi connectivity index (χ0) is 9.84. The van der Waals surface area contributed by atoms with Gasteiger partial charge in [-0.3, -0.25) is 0 Å². The maximum atomic E-state index is 4.00. The number of rotatable bonds is 3. The van der Waals surface area contributed by atoms with Gasteiger partial charge in [-0.1, -0.05) is 32.3 Å². The van der Waals surface area contributed by atoms with Gasteiger partial charge in [0.15, 0.2) is 0 Å². The molecule has 0 amide bonds. The van der Waals surface area contributed by atoms with E-state index in [1.54, 1.807) is 0 Å². The molecule has 0 N–H and O–H groups in total. The van der Waals surface area contributed by atoms with Crippen LogP contribution in [0.5, 0.6) is 0 Å². The van der Waals surface area contributed by atoms with E-state index in [4.69, 9.17) is 0 Å². The molecule has 0 heteroatoms. The average molecular weight is 180 g/mol. The van der Waals surface area contributed by atoms with Crippen molar-refractivity contribution in [1.29, 1.82) is 0 Å². The highest BCUT2D eigenvalue weighted by molar-refractivity contribution is 4.91. The Hall–Kier alpha value is -0.260. The fourth-order valence-electron chi connectivity index (χ4n) is 2.57. The maximum absolute atomic E-state index is 4.00. The topological polar surface area (TPSA) is 0 Å². The summed E-state index contributed by atoms with van der Waals surface area (Å²) in [6.45, 7) is 10.9. The van der Waals surface area contributed by atoms with Crippen LogP contribution >= 0.6 is 0 Å². The quantitative estimate of drug-likeness (QED) is 0.564. The van der Waals surface area contributed by atoms with Gasteiger partial charge in [0.1, 0.15) is 0 Å². The maximum Gasteiger partial charge on any atom is -0.0297 e. The largest absolute Gasteiger partial charge is 0.100 e. The molecule has 0 aromatic heterocycles. The van der Waals surface area contributed by atoms with Crippen LogP contribution in [0, 0.1) is 17.8 Å². The van der Waals surface area contributed by atoms with Crippen LogP contribution in [0.1, 0.15) is 52.9 Å². The van der Waals surface area contributed by atoms with Gasteiger partial charge in [-0.2, -0.15) is 0 Å². The molecule has 1 unspecified atom stereocenters. The van der Waals surface area contributed by atoms with Crippen LogP contribution in [0.15, 0.2) is 12.2 Å². The summed E-state index contributed by atoms with van der Waals surface area (Å²) in [4.78, 5) is 0. The summed E-state index contributed by atoms with van der Waals surface area (Å²) in [5, 5.41) is 0. The lowest BCUT2D eigenvalue weighted by atomic mass is 9.75. The van der Waals surface area contributed by atoms with Crippen molar-refractivity contribution in [3.63, 3.8) is 0 Å². The van der Waals surface area contributed by atoms with Gasteiger partial charge in [-0.05, 0) is 43.9 Å². The van der Waals surface area contributed by atoms with Crippen molar-refractivity contribution in [2.45, 2.75) is 52.9 Å². The summed E-state index contributed by atoms with van der Waals surface area (Å²) < 4.78 is 0. The van der Waals surface area contributed by atoms with E-state index in [0.29, 0.717) is 0 Å². The Kier molecular flexibility index (Phi) is 4.02. The lowest BCUT2D eigenvalue weighted by molar-refractivity contribution is 0.222. The molecule has 1 saturated carbocycles. The fourth-order valence-corrected chi connectivity index (χ4v) is 2.57. The summed E-state index contributed by atoms with van der Waals surface area (Å²) in [6.07, 6.45) is 7.04. The monoisotopic (exact) mass is 180 g/mol. The molecule has 0 bridgehead atoms. The van der Waals surface area contributed by atoms with E-state index in [-0.39, 0.29) is 0 Å². The first-order valence-corrected chi connectivity index (χ1v) is 5.74. The van der Waals surface area contributed by atoms with Gasteiger partial charge >= 0.3 is 0 Å². The van der Waals surface area contributed by atoms with E-state index in [1.807, 2.05) is 0 Å². The Morgan fingerprint density at radius 3 is 2.31 bits per heavy atom. The molecular weight excluding hydrogens is 156 g/mol. The molecule has 0 saturated heterocycles. The van der Waals surface area contributed by atoms with E-state index in [2.05, 4.69) is 27.4 Å². The van der Waals surface area contributed by atoms with E-state index >= 15 is 0 Å². The van der Waals surface area contributed by atoms with E-state index in [9.17, 15) is 0 Å². The summed E-state index contributed by atoms with van der Waals surface area (Å²) >= 11 is 0. The standard InChI is InChI=1S/C13H24/c1-10(2)9-12(4)13-7-5-11(3)6-8-13/h11-13H,1,5-9H2,2-4H3. The number of allylic oxidation sites excluding steroid dienone is 1. The van der Waals surface area contributed by atoms with Crippen molar-refractivity contribution in [2.24, 2.45) is 17.8 Å². The van der Waals surface area contributed by atoms with E-state index < -0.39 is 0 Å². The molecule has 1 aliphatic rings. The minimum absolute atomic E-state index is 0.866. The molecule has 0 nitrogen and oxygen atoms in total. The lowest BCUT2D eigenvalue weighted by Crippen LogP contribution is -2.18. The normalized spacial score (nSPS) is 31.3. The van der Waals surface area contributed by atoms with Crippen molar-refractivity contribution in [2.75, 3.05) is 0 Å². The highest BCUT2D eigenvalue weighted by Gasteiger charge is 2.22. The second-order valence-corrected chi connectivity index (χ2v) is 5.16. The molecule has 0 radical (unpaired) electrons. The summed E-state index contributed by atoms with van der Waals surface area (Å²) in [6, 6.07) is 0. The van der Waals surface area contributed by atoms with Gasteiger partial charge in [0, 0.05) is 0 Å². The molecule has 0 aliphatic heterocycles. The Morgan fingerprint density at radius 2 is 1.85 bits per heavy atom. The van der Waals surface area contributed by atoms with Crippen LogP contribution in [0.3, 0.4) is 0 Å². The Bertz CT molecular complexity index is 161. The van der Waals surface area contributed by atoms with Crippen LogP contribution in [-0.2, 0) is 0 Å². The highest BCUT2D eigenvalue weighted by Crippen LogP contribution is 2.35. The predicted octanol–water partition coefficient (Wildman–Crippen LogP) is 4.42. The summed E-state index contributed by atoms with van der Waals surface area (Å²) in [5.74, 6) is 2.83. The number of hydrogen-bond donors (Lipinski definition) is 0. The van der Waals surface area contributed by atoms with Gasteiger partial charge in [0.05, 0.1) is 0 Å². The van der Waals surface area contributed by atoms with Gasteiger partial charge in [-0.25, -0.2) is 0 Å². The first-order valence-electron chi connectivity index (χ1n) is 5.74. The second-order valence-electron chi connectivity index (χ2n) is 5.16. The molecule has 1 fully saturated rings. The van der Waals surface area contributed by atoms with Crippen LogP contribution in [0.2, 0.25) is 0 Å². The first kappa shape index (κ1) is 10.8.